The molecule has 0 radical (unpaired) electrons. The molecule has 1 amide bonds. The van der Waals surface area contributed by atoms with Crippen molar-refractivity contribution in [3.63, 3.8) is 0 Å². The Morgan fingerprint density at radius 2 is 2.16 bits per heavy atom. The van der Waals surface area contributed by atoms with Crippen molar-refractivity contribution in [2.75, 3.05) is 31.6 Å². The number of hydrogen-bond donors (Lipinski definition) is 1. The highest BCUT2D eigenvalue weighted by atomic mass is 16.5. The number of anilines is 1. The van der Waals surface area contributed by atoms with E-state index in [2.05, 4.69) is 22.4 Å². The van der Waals surface area contributed by atoms with E-state index in [9.17, 15) is 4.79 Å². The zero-order valence-corrected chi connectivity index (χ0v) is 14.6. The van der Waals surface area contributed by atoms with Gasteiger partial charge in [0.05, 0.1) is 12.6 Å². The lowest BCUT2D eigenvalue weighted by molar-refractivity contribution is 0.0656. The van der Waals surface area contributed by atoms with Crippen LogP contribution in [0.5, 0.6) is 0 Å². The molecule has 0 aliphatic carbocycles. The molecule has 1 saturated heterocycles. The second-order valence-electron chi connectivity index (χ2n) is 6.21. The van der Waals surface area contributed by atoms with E-state index in [-0.39, 0.29) is 11.9 Å². The summed E-state index contributed by atoms with van der Waals surface area (Å²) in [6, 6.07) is 14.0. The van der Waals surface area contributed by atoms with Crippen LogP contribution < -0.4 is 5.32 Å². The molecule has 1 fully saturated rings. The molecule has 25 heavy (non-hydrogen) atoms. The van der Waals surface area contributed by atoms with Crippen molar-refractivity contribution in [2.24, 2.45) is 0 Å². The van der Waals surface area contributed by atoms with Crippen molar-refractivity contribution in [1.29, 1.82) is 0 Å². The molecule has 1 aromatic carbocycles. The van der Waals surface area contributed by atoms with Gasteiger partial charge in [-0.15, -0.1) is 0 Å². The van der Waals surface area contributed by atoms with E-state index in [4.69, 9.17) is 4.74 Å². The Hall–Kier alpha value is -2.40. The van der Waals surface area contributed by atoms with E-state index in [1.54, 1.807) is 12.3 Å². The van der Waals surface area contributed by atoms with Gasteiger partial charge in [0.1, 0.15) is 5.82 Å². The summed E-state index contributed by atoms with van der Waals surface area (Å²) in [6.45, 7) is 4.82. The fourth-order valence-electron chi connectivity index (χ4n) is 3.12. The maximum absolute atomic E-state index is 13.1. The van der Waals surface area contributed by atoms with Crippen LogP contribution in [0.25, 0.3) is 0 Å². The largest absolute Gasteiger partial charge is 0.379 e. The topological polar surface area (TPSA) is 54.5 Å². The number of ether oxygens (including phenoxy) is 1. The Labute approximate surface area is 149 Å². The van der Waals surface area contributed by atoms with E-state index >= 15 is 0 Å². The number of carbonyl (C=O) groups is 1. The summed E-state index contributed by atoms with van der Waals surface area (Å²) in [5, 5.41) is 3.16. The number of hydrogen-bond acceptors (Lipinski definition) is 4. The molecular formula is C20H25N3O2. The molecule has 1 N–H and O–H groups in total. The fourth-order valence-corrected chi connectivity index (χ4v) is 3.12. The Morgan fingerprint density at radius 1 is 1.32 bits per heavy atom. The molecule has 1 aromatic heterocycles. The van der Waals surface area contributed by atoms with Crippen molar-refractivity contribution < 1.29 is 9.53 Å². The Balaban J connectivity index is 1.76. The SMILES string of the molecule is CCNc1cc(C(=O)N(CCc2ccccc2)[C@H]2CCOC2)ccn1. The Bertz CT molecular complexity index is 684. The molecule has 5 heteroatoms. The van der Waals surface area contributed by atoms with Crippen LogP contribution in [0.4, 0.5) is 5.82 Å². The number of nitrogens with one attached hydrogen (secondary N) is 1. The maximum Gasteiger partial charge on any atom is 0.254 e. The average molecular weight is 339 g/mol. The summed E-state index contributed by atoms with van der Waals surface area (Å²) in [4.78, 5) is 19.3. The van der Waals surface area contributed by atoms with Gasteiger partial charge in [-0.3, -0.25) is 4.79 Å². The number of rotatable bonds is 7. The normalized spacial score (nSPS) is 16.6. The first-order valence-electron chi connectivity index (χ1n) is 8.90. The highest BCUT2D eigenvalue weighted by Gasteiger charge is 2.28. The third-order valence-corrected chi connectivity index (χ3v) is 4.46. The second-order valence-corrected chi connectivity index (χ2v) is 6.21. The van der Waals surface area contributed by atoms with Crippen LogP contribution in [0.15, 0.2) is 48.7 Å². The zero-order chi connectivity index (χ0) is 17.5. The average Bonchev–Trinajstić information content (AvgIpc) is 3.17. The van der Waals surface area contributed by atoms with Crippen molar-refractivity contribution in [3.05, 3.63) is 59.8 Å². The lowest BCUT2D eigenvalue weighted by Crippen LogP contribution is -2.42. The van der Waals surface area contributed by atoms with Crippen LogP contribution in [-0.2, 0) is 11.2 Å². The molecule has 3 rings (SSSR count). The molecule has 132 valence electrons. The van der Waals surface area contributed by atoms with Crippen molar-refractivity contribution in [2.45, 2.75) is 25.8 Å². The van der Waals surface area contributed by atoms with E-state index in [0.29, 0.717) is 18.7 Å². The molecule has 0 saturated carbocycles. The highest BCUT2D eigenvalue weighted by molar-refractivity contribution is 5.95. The van der Waals surface area contributed by atoms with Gasteiger partial charge in [0, 0.05) is 31.5 Å². The summed E-state index contributed by atoms with van der Waals surface area (Å²) in [7, 11) is 0. The van der Waals surface area contributed by atoms with Gasteiger partial charge in [0.2, 0.25) is 0 Å². The minimum absolute atomic E-state index is 0.0491. The minimum Gasteiger partial charge on any atom is -0.379 e. The van der Waals surface area contributed by atoms with Crippen LogP contribution >= 0.6 is 0 Å². The van der Waals surface area contributed by atoms with Crippen LogP contribution in [-0.4, -0.2) is 48.1 Å². The standard InChI is InChI=1S/C20H25N3O2/c1-2-21-19-14-17(8-11-22-19)20(24)23(18-10-13-25-15-18)12-9-16-6-4-3-5-7-16/h3-8,11,14,18H,2,9-10,12-13,15H2,1H3,(H,21,22)/t18-/m0/s1. The van der Waals surface area contributed by atoms with E-state index < -0.39 is 0 Å². The van der Waals surface area contributed by atoms with Gasteiger partial charge in [-0.1, -0.05) is 30.3 Å². The van der Waals surface area contributed by atoms with Crippen LogP contribution in [0, 0.1) is 0 Å². The van der Waals surface area contributed by atoms with Gasteiger partial charge >= 0.3 is 0 Å². The predicted molar refractivity (Wildman–Crippen MR) is 98.8 cm³/mol. The van der Waals surface area contributed by atoms with E-state index in [1.807, 2.05) is 36.1 Å². The molecule has 2 aromatic rings. The third kappa shape index (κ3) is 4.57. The number of nitrogens with zero attached hydrogens (tertiary/aromatic N) is 2. The van der Waals surface area contributed by atoms with Crippen molar-refractivity contribution in [1.82, 2.24) is 9.88 Å². The second kappa shape index (κ2) is 8.62. The number of carbonyl (C=O) groups excluding carboxylic acids is 1. The Morgan fingerprint density at radius 3 is 2.88 bits per heavy atom. The number of aromatic nitrogens is 1. The first-order valence-corrected chi connectivity index (χ1v) is 8.90. The molecular weight excluding hydrogens is 314 g/mol. The van der Waals surface area contributed by atoms with Gasteiger partial charge in [0.25, 0.3) is 5.91 Å². The molecule has 1 aliphatic rings. The first kappa shape index (κ1) is 17.4. The van der Waals surface area contributed by atoms with Crippen LogP contribution in [0.1, 0.15) is 29.3 Å². The predicted octanol–water partition coefficient (Wildman–Crippen LogP) is 2.99. The smallest absolute Gasteiger partial charge is 0.254 e. The third-order valence-electron chi connectivity index (χ3n) is 4.46. The fraction of sp³-hybridized carbons (Fsp3) is 0.400. The van der Waals surface area contributed by atoms with Crippen molar-refractivity contribution in [3.8, 4) is 0 Å². The molecule has 0 bridgehead atoms. The van der Waals surface area contributed by atoms with Crippen LogP contribution in [0.2, 0.25) is 0 Å². The first-order chi connectivity index (χ1) is 12.3. The number of pyridine rings is 1. The van der Waals surface area contributed by atoms with Gasteiger partial charge < -0.3 is 15.0 Å². The van der Waals surface area contributed by atoms with E-state index in [0.717, 1.165) is 31.8 Å². The van der Waals surface area contributed by atoms with Crippen LogP contribution in [0.3, 0.4) is 0 Å². The molecule has 0 spiro atoms. The summed E-state index contributed by atoms with van der Waals surface area (Å²) in [6.07, 6.45) is 3.42. The highest BCUT2D eigenvalue weighted by Crippen LogP contribution is 2.18. The minimum atomic E-state index is 0.0491. The van der Waals surface area contributed by atoms with E-state index in [1.165, 1.54) is 5.56 Å². The van der Waals surface area contributed by atoms with Gasteiger partial charge in [-0.05, 0) is 37.5 Å². The maximum atomic E-state index is 13.1. The van der Waals surface area contributed by atoms with Crippen molar-refractivity contribution >= 4 is 11.7 Å². The molecule has 1 aliphatic heterocycles. The Kier molecular flexibility index (Phi) is 6.01. The summed E-state index contributed by atoms with van der Waals surface area (Å²) >= 11 is 0. The molecule has 1 atom stereocenters. The van der Waals surface area contributed by atoms with Gasteiger partial charge in [-0.25, -0.2) is 4.98 Å². The molecule has 2 heterocycles. The van der Waals surface area contributed by atoms with Gasteiger partial charge in [-0.2, -0.15) is 0 Å². The molecule has 0 unspecified atom stereocenters. The lowest BCUT2D eigenvalue weighted by atomic mass is 10.1. The lowest BCUT2D eigenvalue weighted by Gasteiger charge is -2.28. The summed E-state index contributed by atoms with van der Waals surface area (Å²) in [5.74, 6) is 0.784. The quantitative estimate of drug-likeness (QED) is 0.842. The zero-order valence-electron chi connectivity index (χ0n) is 14.6. The summed E-state index contributed by atoms with van der Waals surface area (Å²) in [5.41, 5.74) is 1.91. The number of benzene rings is 1. The summed E-state index contributed by atoms with van der Waals surface area (Å²) < 4.78 is 5.52. The van der Waals surface area contributed by atoms with Gasteiger partial charge in [0.15, 0.2) is 0 Å². The monoisotopic (exact) mass is 339 g/mol. The number of amides is 1. The molecule has 5 nitrogen and oxygen atoms in total.